The number of benzene rings is 2. The van der Waals surface area contributed by atoms with Crippen molar-refractivity contribution < 1.29 is 38.0 Å². The van der Waals surface area contributed by atoms with Crippen LogP contribution in [0.15, 0.2) is 36.4 Å². The first-order valence-corrected chi connectivity index (χ1v) is 10.8. The molecule has 2 saturated heterocycles. The molecule has 4 heterocycles. The fourth-order valence-electron chi connectivity index (χ4n) is 4.82. The van der Waals surface area contributed by atoms with E-state index in [0.29, 0.717) is 11.5 Å². The molecule has 2 aromatic rings. The number of fused-ring (bicyclic) bond motifs is 8. The molecule has 4 atom stereocenters. The van der Waals surface area contributed by atoms with E-state index in [4.69, 9.17) is 28.4 Å². The van der Waals surface area contributed by atoms with Crippen molar-refractivity contribution in [2.24, 2.45) is 0 Å². The van der Waals surface area contributed by atoms with Gasteiger partial charge in [-0.15, -0.1) is 0 Å². The summed E-state index contributed by atoms with van der Waals surface area (Å²) in [6.45, 7) is 0.488. The normalized spacial score (nSPS) is 27.2. The average molecular weight is 462 g/mol. The van der Waals surface area contributed by atoms with Gasteiger partial charge in [-0.05, 0) is 35.4 Å². The van der Waals surface area contributed by atoms with E-state index in [-0.39, 0.29) is 50.1 Å². The van der Waals surface area contributed by atoms with E-state index < -0.39 is 0 Å². The maximum atomic E-state index is 11.2. The highest BCUT2D eigenvalue weighted by Crippen LogP contribution is 2.43. The molecule has 0 unspecified atom stereocenters. The van der Waals surface area contributed by atoms with Gasteiger partial charge in [0.1, 0.15) is 0 Å². The SMILES string of the molecule is O=C1N[C@@H]2C=Cc3cc4c(cc3[C@H]2O1)OCO4.O=C1N[C@@H]2C=Cc3cc4c(cc3[C@H]2O1)OCO4. The van der Waals surface area contributed by atoms with Gasteiger partial charge in [0.05, 0.1) is 12.1 Å². The molecule has 0 aromatic heterocycles. The van der Waals surface area contributed by atoms with E-state index in [9.17, 15) is 9.59 Å². The Kier molecular flexibility index (Phi) is 3.99. The van der Waals surface area contributed by atoms with Gasteiger partial charge in [-0.1, -0.05) is 24.3 Å². The molecule has 2 N–H and O–H groups in total. The second-order valence-corrected chi connectivity index (χ2v) is 8.38. The van der Waals surface area contributed by atoms with E-state index >= 15 is 0 Å². The van der Waals surface area contributed by atoms with Crippen LogP contribution in [0.4, 0.5) is 9.59 Å². The molecule has 2 amide bonds. The van der Waals surface area contributed by atoms with E-state index in [1.165, 1.54) is 0 Å². The van der Waals surface area contributed by atoms with Crippen LogP contribution >= 0.6 is 0 Å². The van der Waals surface area contributed by atoms with Gasteiger partial charge in [-0.3, -0.25) is 0 Å². The van der Waals surface area contributed by atoms with Gasteiger partial charge in [-0.25, -0.2) is 9.59 Å². The number of hydrogen-bond acceptors (Lipinski definition) is 8. The second-order valence-electron chi connectivity index (χ2n) is 8.38. The van der Waals surface area contributed by atoms with E-state index in [1.54, 1.807) is 0 Å². The molecule has 10 heteroatoms. The van der Waals surface area contributed by atoms with Crippen molar-refractivity contribution in [3.63, 3.8) is 0 Å². The lowest BCUT2D eigenvalue weighted by atomic mass is 9.91. The van der Waals surface area contributed by atoms with Gasteiger partial charge in [-0.2, -0.15) is 0 Å². The molecule has 0 bridgehead atoms. The zero-order valence-corrected chi connectivity index (χ0v) is 17.6. The molecule has 4 aliphatic heterocycles. The number of hydrogen-bond donors (Lipinski definition) is 2. The molecule has 6 aliphatic rings. The first-order chi connectivity index (χ1) is 16.6. The van der Waals surface area contributed by atoms with Gasteiger partial charge in [0.2, 0.25) is 13.6 Å². The molecule has 2 aromatic carbocycles. The Balaban J connectivity index is 0.000000118. The summed E-state index contributed by atoms with van der Waals surface area (Å²) >= 11 is 0. The highest BCUT2D eigenvalue weighted by atomic mass is 16.7. The van der Waals surface area contributed by atoms with Gasteiger partial charge in [0, 0.05) is 11.1 Å². The fourth-order valence-corrected chi connectivity index (χ4v) is 4.82. The van der Waals surface area contributed by atoms with E-state index in [1.807, 2.05) is 48.6 Å². The number of nitrogens with one attached hydrogen (secondary N) is 2. The third-order valence-corrected chi connectivity index (χ3v) is 6.43. The first-order valence-electron chi connectivity index (χ1n) is 10.8. The second kappa shape index (κ2) is 7.08. The van der Waals surface area contributed by atoms with Crippen LogP contribution in [0.25, 0.3) is 12.2 Å². The lowest BCUT2D eigenvalue weighted by molar-refractivity contribution is 0.134. The Morgan fingerprint density at radius 2 is 1.03 bits per heavy atom. The van der Waals surface area contributed by atoms with Crippen LogP contribution < -0.4 is 29.6 Å². The fraction of sp³-hybridized carbons (Fsp3) is 0.250. The van der Waals surface area contributed by atoms with Gasteiger partial charge >= 0.3 is 12.2 Å². The summed E-state index contributed by atoms with van der Waals surface area (Å²) in [5.41, 5.74) is 3.93. The number of carbonyl (C=O) groups excluding carboxylic acids is 2. The Morgan fingerprint density at radius 3 is 1.47 bits per heavy atom. The van der Waals surface area contributed by atoms with Crippen LogP contribution in [-0.4, -0.2) is 37.9 Å². The van der Waals surface area contributed by atoms with Crippen molar-refractivity contribution in [1.29, 1.82) is 0 Å². The molecule has 34 heavy (non-hydrogen) atoms. The lowest BCUT2D eigenvalue weighted by Crippen LogP contribution is -2.27. The van der Waals surface area contributed by atoms with Crippen molar-refractivity contribution in [1.82, 2.24) is 10.6 Å². The number of rotatable bonds is 0. The minimum Gasteiger partial charge on any atom is -0.454 e. The third kappa shape index (κ3) is 2.95. The smallest absolute Gasteiger partial charge is 0.408 e. The number of alkyl carbamates (subject to hydrolysis) is 2. The molecule has 172 valence electrons. The van der Waals surface area contributed by atoms with Gasteiger partial charge in [0.25, 0.3) is 0 Å². The lowest BCUT2D eigenvalue weighted by Gasteiger charge is -2.21. The van der Waals surface area contributed by atoms with Gasteiger partial charge < -0.3 is 39.1 Å². The summed E-state index contributed by atoms with van der Waals surface area (Å²) in [6.07, 6.45) is 6.50. The Hall–Kier alpha value is -4.34. The van der Waals surface area contributed by atoms with Crippen molar-refractivity contribution in [3.05, 3.63) is 58.7 Å². The van der Waals surface area contributed by atoms with Crippen molar-refractivity contribution in [2.45, 2.75) is 24.3 Å². The Labute approximate surface area is 193 Å². The van der Waals surface area contributed by atoms with Gasteiger partial charge in [0.15, 0.2) is 35.2 Å². The van der Waals surface area contributed by atoms with E-state index in [0.717, 1.165) is 33.8 Å². The average Bonchev–Trinajstić information content (AvgIpc) is 3.61. The number of ether oxygens (including phenoxy) is 6. The largest absolute Gasteiger partial charge is 0.454 e. The number of amides is 2. The topological polar surface area (TPSA) is 114 Å². The zero-order chi connectivity index (χ0) is 22.8. The van der Waals surface area contributed by atoms with E-state index in [2.05, 4.69) is 10.6 Å². The third-order valence-electron chi connectivity index (χ3n) is 6.43. The van der Waals surface area contributed by atoms with Crippen molar-refractivity contribution >= 4 is 24.3 Å². The summed E-state index contributed by atoms with van der Waals surface area (Å²) in [5, 5.41) is 5.49. The summed E-state index contributed by atoms with van der Waals surface area (Å²) < 4.78 is 31.8. The predicted octanol–water partition coefficient (Wildman–Crippen LogP) is 3.18. The highest BCUT2D eigenvalue weighted by Gasteiger charge is 2.39. The monoisotopic (exact) mass is 462 g/mol. The van der Waals surface area contributed by atoms with Crippen molar-refractivity contribution in [3.8, 4) is 23.0 Å². The van der Waals surface area contributed by atoms with Crippen LogP contribution in [0.2, 0.25) is 0 Å². The first kappa shape index (κ1) is 19.2. The molecule has 8 rings (SSSR count). The summed E-state index contributed by atoms with van der Waals surface area (Å²) in [5.74, 6) is 2.90. The Bertz CT molecular complexity index is 1200. The van der Waals surface area contributed by atoms with Crippen LogP contribution in [-0.2, 0) is 9.47 Å². The number of carbonyl (C=O) groups is 2. The molecule has 10 nitrogen and oxygen atoms in total. The minimum atomic E-state index is -0.379. The molecule has 0 radical (unpaired) electrons. The minimum absolute atomic E-state index is 0.0876. The molecular formula is C24H18N2O8. The molecule has 0 spiro atoms. The summed E-state index contributed by atoms with van der Waals surface area (Å²) in [4.78, 5) is 22.5. The standard InChI is InChI=1S/2C12H9NO4/c2*14-12-13-8-2-1-6-3-9-10(16-5-15-9)4-7(6)11(8)17-12/h2*1-4,8,11H,5H2,(H,13,14)/t2*8-,11-/m11/s1. The molecule has 2 fully saturated rings. The molecule has 2 aliphatic carbocycles. The summed E-state index contributed by atoms with van der Waals surface area (Å²) in [6, 6.07) is 7.43. The molecular weight excluding hydrogens is 444 g/mol. The predicted molar refractivity (Wildman–Crippen MR) is 115 cm³/mol. The van der Waals surface area contributed by atoms with Crippen LogP contribution in [0.5, 0.6) is 23.0 Å². The highest BCUT2D eigenvalue weighted by molar-refractivity contribution is 5.76. The van der Waals surface area contributed by atoms with Crippen LogP contribution in [0, 0.1) is 0 Å². The summed E-state index contributed by atoms with van der Waals surface area (Å²) in [7, 11) is 0. The van der Waals surface area contributed by atoms with Crippen LogP contribution in [0.3, 0.4) is 0 Å². The zero-order valence-electron chi connectivity index (χ0n) is 17.6. The van der Waals surface area contributed by atoms with Crippen LogP contribution in [0.1, 0.15) is 34.5 Å². The Morgan fingerprint density at radius 1 is 0.618 bits per heavy atom. The molecule has 0 saturated carbocycles. The van der Waals surface area contributed by atoms with Crippen molar-refractivity contribution in [2.75, 3.05) is 13.6 Å². The quantitative estimate of drug-likeness (QED) is 0.614. The maximum absolute atomic E-state index is 11.2. The maximum Gasteiger partial charge on any atom is 0.408 e.